The summed E-state index contributed by atoms with van der Waals surface area (Å²) in [4.78, 5) is 18.0. The molecule has 0 saturated carbocycles. The number of aromatic nitrogens is 1. The van der Waals surface area contributed by atoms with Gasteiger partial charge in [-0.3, -0.25) is 4.79 Å². The van der Waals surface area contributed by atoms with E-state index in [-0.39, 0.29) is 11.8 Å². The third-order valence-corrected chi connectivity index (χ3v) is 4.33. The number of carbonyl (C=O) groups is 1. The summed E-state index contributed by atoms with van der Waals surface area (Å²) in [6.45, 7) is 5.26. The number of β-amino-alcohol motifs (C(OH)–C–C–N with tert-alkyl or cyclic N) is 1. The Morgan fingerprint density at radius 3 is 2.89 bits per heavy atom. The van der Waals surface area contributed by atoms with E-state index in [1.807, 2.05) is 13.8 Å². The summed E-state index contributed by atoms with van der Waals surface area (Å²) in [5.41, 5.74) is 5.19. The summed E-state index contributed by atoms with van der Waals surface area (Å²) in [6, 6.07) is 0. The maximum Gasteiger partial charge on any atom is 0.273 e. The number of thiazole rings is 1. The number of hydrogen-bond acceptors (Lipinski definition) is 5. The second-order valence-electron chi connectivity index (χ2n) is 5.08. The van der Waals surface area contributed by atoms with Crippen LogP contribution >= 0.6 is 11.3 Å². The molecule has 0 unspecified atom stereocenters. The topological polar surface area (TPSA) is 79.5 Å². The van der Waals surface area contributed by atoms with Crippen molar-refractivity contribution in [3.05, 3.63) is 16.1 Å². The zero-order valence-corrected chi connectivity index (χ0v) is 11.5. The van der Waals surface area contributed by atoms with E-state index >= 15 is 0 Å². The van der Waals surface area contributed by atoms with Gasteiger partial charge in [0, 0.05) is 11.8 Å². The van der Waals surface area contributed by atoms with Gasteiger partial charge in [-0.15, -0.1) is 11.3 Å². The van der Waals surface area contributed by atoms with Crippen LogP contribution in [0.4, 0.5) is 0 Å². The lowest BCUT2D eigenvalue weighted by Gasteiger charge is -2.48. The fourth-order valence-corrected chi connectivity index (χ4v) is 2.72. The first-order chi connectivity index (χ1) is 8.46. The molecular formula is C12H19N3O2S. The van der Waals surface area contributed by atoms with Crippen LogP contribution in [0.15, 0.2) is 5.38 Å². The van der Waals surface area contributed by atoms with Crippen molar-refractivity contribution in [2.45, 2.75) is 25.9 Å². The average Bonchev–Trinajstić information content (AvgIpc) is 2.72. The lowest BCUT2D eigenvalue weighted by Crippen LogP contribution is -2.66. The van der Waals surface area contributed by atoms with E-state index in [0.717, 1.165) is 5.01 Å². The van der Waals surface area contributed by atoms with Crippen LogP contribution < -0.4 is 5.73 Å². The highest BCUT2D eigenvalue weighted by Gasteiger charge is 2.46. The molecule has 1 aromatic rings. The number of hydrogen-bond donors (Lipinski definition) is 2. The van der Waals surface area contributed by atoms with Crippen LogP contribution in [-0.4, -0.2) is 46.1 Å². The first-order valence-corrected chi connectivity index (χ1v) is 7.00. The Hall–Kier alpha value is -0.980. The van der Waals surface area contributed by atoms with Gasteiger partial charge < -0.3 is 15.7 Å². The number of nitrogens with zero attached hydrogens (tertiary/aromatic N) is 2. The highest BCUT2D eigenvalue weighted by atomic mass is 32.1. The molecule has 100 valence electrons. The van der Waals surface area contributed by atoms with Crippen molar-refractivity contribution < 1.29 is 9.90 Å². The number of aliphatic hydroxyl groups is 1. The van der Waals surface area contributed by atoms with Gasteiger partial charge in [0.25, 0.3) is 5.91 Å². The molecule has 1 aliphatic heterocycles. The van der Waals surface area contributed by atoms with Crippen molar-refractivity contribution >= 4 is 17.2 Å². The first kappa shape index (κ1) is 13.5. The summed E-state index contributed by atoms with van der Waals surface area (Å²) in [7, 11) is 0. The quantitative estimate of drug-likeness (QED) is 0.833. The predicted molar refractivity (Wildman–Crippen MR) is 70.6 cm³/mol. The molecule has 1 amide bonds. The van der Waals surface area contributed by atoms with E-state index in [0.29, 0.717) is 31.7 Å². The minimum atomic E-state index is -0.730. The molecule has 0 radical (unpaired) electrons. The predicted octanol–water partition coefficient (Wildman–Crippen LogP) is 0.487. The van der Waals surface area contributed by atoms with E-state index < -0.39 is 5.60 Å². The van der Waals surface area contributed by atoms with Gasteiger partial charge in [-0.05, 0) is 12.5 Å². The number of likely N-dealkylation sites (tertiary alicyclic amines) is 1. The monoisotopic (exact) mass is 269 g/mol. The maximum atomic E-state index is 12.1. The molecule has 1 aliphatic rings. The van der Waals surface area contributed by atoms with Crippen LogP contribution in [0.25, 0.3) is 0 Å². The van der Waals surface area contributed by atoms with E-state index in [9.17, 15) is 9.90 Å². The Morgan fingerprint density at radius 2 is 2.33 bits per heavy atom. The maximum absolute atomic E-state index is 12.1. The standard InChI is InChI=1S/C12H19N3O2S/c1-8(2)12(17)6-15(7-12)11(16)9-5-18-10(14-9)3-4-13/h5,8,17H,3-4,6-7,13H2,1-2H3. The van der Waals surface area contributed by atoms with Crippen LogP contribution in [0.1, 0.15) is 29.3 Å². The third-order valence-electron chi connectivity index (χ3n) is 3.42. The number of nitrogens with two attached hydrogens (primary N) is 1. The normalized spacial score (nSPS) is 17.9. The van der Waals surface area contributed by atoms with Crippen LogP contribution in [-0.2, 0) is 6.42 Å². The minimum Gasteiger partial charge on any atom is -0.386 e. The molecule has 0 bridgehead atoms. The average molecular weight is 269 g/mol. The molecule has 0 spiro atoms. The van der Waals surface area contributed by atoms with E-state index in [4.69, 9.17) is 5.73 Å². The molecule has 1 saturated heterocycles. The fraction of sp³-hybridized carbons (Fsp3) is 0.667. The van der Waals surface area contributed by atoms with Crippen molar-refractivity contribution in [2.75, 3.05) is 19.6 Å². The molecule has 5 nitrogen and oxygen atoms in total. The Labute approximate surface area is 111 Å². The fourth-order valence-electron chi connectivity index (χ4n) is 1.93. The van der Waals surface area contributed by atoms with E-state index in [1.165, 1.54) is 11.3 Å². The molecule has 1 aromatic heterocycles. The third kappa shape index (κ3) is 2.41. The van der Waals surface area contributed by atoms with Gasteiger partial charge in [-0.25, -0.2) is 4.98 Å². The van der Waals surface area contributed by atoms with Gasteiger partial charge >= 0.3 is 0 Å². The van der Waals surface area contributed by atoms with Crippen molar-refractivity contribution in [1.29, 1.82) is 0 Å². The zero-order chi connectivity index (χ0) is 13.3. The molecule has 1 fully saturated rings. The van der Waals surface area contributed by atoms with Gasteiger partial charge in [0.05, 0.1) is 18.1 Å². The summed E-state index contributed by atoms with van der Waals surface area (Å²) < 4.78 is 0. The second-order valence-corrected chi connectivity index (χ2v) is 6.03. The van der Waals surface area contributed by atoms with Gasteiger partial charge in [0.15, 0.2) is 0 Å². The Morgan fingerprint density at radius 1 is 1.67 bits per heavy atom. The highest BCUT2D eigenvalue weighted by molar-refractivity contribution is 7.09. The van der Waals surface area contributed by atoms with Crippen LogP contribution in [0.3, 0.4) is 0 Å². The largest absolute Gasteiger partial charge is 0.386 e. The van der Waals surface area contributed by atoms with Gasteiger partial charge in [0.2, 0.25) is 0 Å². The lowest BCUT2D eigenvalue weighted by atomic mass is 9.83. The molecule has 18 heavy (non-hydrogen) atoms. The molecule has 0 aliphatic carbocycles. The van der Waals surface area contributed by atoms with Crippen LogP contribution in [0.2, 0.25) is 0 Å². The zero-order valence-electron chi connectivity index (χ0n) is 10.7. The smallest absolute Gasteiger partial charge is 0.273 e. The van der Waals surface area contributed by atoms with Crippen molar-refractivity contribution in [3.8, 4) is 0 Å². The van der Waals surface area contributed by atoms with Crippen LogP contribution in [0, 0.1) is 5.92 Å². The summed E-state index contributed by atoms with van der Waals surface area (Å²) >= 11 is 1.46. The van der Waals surface area contributed by atoms with Crippen molar-refractivity contribution in [2.24, 2.45) is 11.7 Å². The highest BCUT2D eigenvalue weighted by Crippen LogP contribution is 2.29. The van der Waals surface area contributed by atoms with E-state index in [1.54, 1.807) is 10.3 Å². The molecule has 2 rings (SSSR count). The van der Waals surface area contributed by atoms with Crippen molar-refractivity contribution in [1.82, 2.24) is 9.88 Å². The minimum absolute atomic E-state index is 0.0974. The van der Waals surface area contributed by atoms with E-state index in [2.05, 4.69) is 4.98 Å². The Kier molecular flexibility index (Phi) is 3.70. The Bertz CT molecular complexity index is 438. The molecule has 2 heterocycles. The molecule has 3 N–H and O–H groups in total. The van der Waals surface area contributed by atoms with Crippen LogP contribution in [0.5, 0.6) is 0 Å². The van der Waals surface area contributed by atoms with Gasteiger partial charge in [0.1, 0.15) is 11.3 Å². The molecular weight excluding hydrogens is 250 g/mol. The SMILES string of the molecule is CC(C)C1(O)CN(C(=O)c2csc(CCN)n2)C1. The Balaban J connectivity index is 1.97. The van der Waals surface area contributed by atoms with Gasteiger partial charge in [-0.1, -0.05) is 13.8 Å². The molecule has 6 heteroatoms. The van der Waals surface area contributed by atoms with Crippen molar-refractivity contribution in [3.63, 3.8) is 0 Å². The molecule has 0 aromatic carbocycles. The summed E-state index contributed by atoms with van der Waals surface area (Å²) in [5, 5.41) is 12.8. The summed E-state index contributed by atoms with van der Waals surface area (Å²) in [5.74, 6) is 0.0598. The number of carbonyl (C=O) groups excluding carboxylic acids is 1. The number of rotatable bonds is 4. The first-order valence-electron chi connectivity index (χ1n) is 6.12. The molecule has 0 atom stereocenters. The number of amides is 1. The van der Waals surface area contributed by atoms with Gasteiger partial charge in [-0.2, -0.15) is 0 Å². The lowest BCUT2D eigenvalue weighted by molar-refractivity contribution is -0.111. The second kappa shape index (κ2) is 4.95. The summed E-state index contributed by atoms with van der Waals surface area (Å²) in [6.07, 6.45) is 0.702.